The lowest BCUT2D eigenvalue weighted by Crippen LogP contribution is -2.24. The Morgan fingerprint density at radius 1 is 1.19 bits per heavy atom. The van der Waals surface area contributed by atoms with Gasteiger partial charge >= 0.3 is 5.97 Å². The summed E-state index contributed by atoms with van der Waals surface area (Å²) in [5.74, 6) is -0.864. The van der Waals surface area contributed by atoms with Crippen molar-refractivity contribution in [1.29, 1.82) is 0 Å². The molecule has 0 aliphatic carbocycles. The normalized spacial score (nSPS) is 11.0. The molecule has 1 amide bonds. The molecule has 2 rings (SSSR count). The third-order valence-electron chi connectivity index (χ3n) is 4.77. The number of unbranched alkanes of at least 4 members (excludes halogenated alkanes) is 2. The number of fused-ring (bicyclic) bond motifs is 1. The van der Waals surface area contributed by atoms with Gasteiger partial charge in [-0.25, -0.2) is 0 Å². The van der Waals surface area contributed by atoms with Crippen LogP contribution in [0.1, 0.15) is 47.3 Å². The summed E-state index contributed by atoms with van der Waals surface area (Å²) in [7, 11) is 1.69. The molecule has 0 atom stereocenters. The van der Waals surface area contributed by atoms with Crippen LogP contribution in [0.3, 0.4) is 0 Å². The predicted molar refractivity (Wildman–Crippen MR) is 102 cm³/mol. The van der Waals surface area contributed by atoms with Gasteiger partial charge in [-0.15, -0.1) is 0 Å². The molecule has 26 heavy (non-hydrogen) atoms. The molecule has 0 aliphatic rings. The topological polar surface area (TPSA) is 80.6 Å². The predicted octanol–water partition coefficient (Wildman–Crippen LogP) is 3.28. The lowest BCUT2D eigenvalue weighted by molar-refractivity contribution is -0.137. The van der Waals surface area contributed by atoms with Crippen LogP contribution in [-0.4, -0.2) is 41.8 Å². The fourth-order valence-corrected chi connectivity index (χ4v) is 3.14. The van der Waals surface area contributed by atoms with Crippen molar-refractivity contribution in [3.63, 3.8) is 0 Å². The van der Waals surface area contributed by atoms with E-state index in [9.17, 15) is 9.59 Å². The molecule has 2 aromatic rings. The molecule has 6 nitrogen and oxygen atoms in total. The molecule has 0 bridgehead atoms. The number of aromatic nitrogens is 1. The number of benzene rings is 1. The highest BCUT2D eigenvalue weighted by Crippen LogP contribution is 2.26. The standard InChI is InChI=1S/C20H28N2O4/c1-14-15(2)22(11-12-26-3)18-9-8-16(13-17(14)18)20(25)21-10-6-4-5-7-19(23)24/h8-9,13H,4-7,10-12H2,1-3H3,(H,21,25)(H,23,24). The summed E-state index contributed by atoms with van der Waals surface area (Å²) in [6.45, 7) is 6.15. The monoisotopic (exact) mass is 360 g/mol. The number of hydrogen-bond donors (Lipinski definition) is 2. The van der Waals surface area contributed by atoms with Gasteiger partial charge in [-0.2, -0.15) is 0 Å². The maximum atomic E-state index is 12.4. The summed E-state index contributed by atoms with van der Waals surface area (Å²) in [5.41, 5.74) is 4.13. The molecular weight excluding hydrogens is 332 g/mol. The first-order valence-corrected chi connectivity index (χ1v) is 9.04. The van der Waals surface area contributed by atoms with E-state index in [4.69, 9.17) is 9.84 Å². The zero-order valence-electron chi connectivity index (χ0n) is 15.8. The minimum Gasteiger partial charge on any atom is -0.481 e. The lowest BCUT2D eigenvalue weighted by Gasteiger charge is -2.08. The summed E-state index contributed by atoms with van der Waals surface area (Å²) >= 11 is 0. The number of aliphatic carboxylic acids is 1. The fraction of sp³-hybridized carbons (Fsp3) is 0.500. The van der Waals surface area contributed by atoms with Crippen molar-refractivity contribution in [2.75, 3.05) is 20.3 Å². The van der Waals surface area contributed by atoms with Crippen molar-refractivity contribution < 1.29 is 19.4 Å². The average molecular weight is 360 g/mol. The number of nitrogens with one attached hydrogen (secondary N) is 1. The average Bonchev–Trinajstić information content (AvgIpc) is 2.86. The number of methoxy groups -OCH3 is 1. The molecule has 1 aromatic heterocycles. The summed E-state index contributed by atoms with van der Waals surface area (Å²) in [4.78, 5) is 22.8. The van der Waals surface area contributed by atoms with E-state index in [-0.39, 0.29) is 12.3 Å². The van der Waals surface area contributed by atoms with Crippen molar-refractivity contribution >= 4 is 22.8 Å². The maximum absolute atomic E-state index is 12.4. The molecule has 1 aromatic carbocycles. The minimum atomic E-state index is -0.773. The van der Waals surface area contributed by atoms with Crippen LogP contribution in [0.15, 0.2) is 18.2 Å². The van der Waals surface area contributed by atoms with E-state index >= 15 is 0 Å². The van der Waals surface area contributed by atoms with Crippen LogP contribution in [0.5, 0.6) is 0 Å². The van der Waals surface area contributed by atoms with E-state index in [2.05, 4.69) is 23.7 Å². The smallest absolute Gasteiger partial charge is 0.303 e. The number of hydrogen-bond acceptors (Lipinski definition) is 3. The van der Waals surface area contributed by atoms with Gasteiger partial charge in [0.05, 0.1) is 6.61 Å². The third-order valence-corrected chi connectivity index (χ3v) is 4.77. The Balaban J connectivity index is 2.00. The molecule has 0 spiro atoms. The van der Waals surface area contributed by atoms with E-state index in [1.54, 1.807) is 7.11 Å². The Bertz CT molecular complexity index is 780. The molecule has 0 saturated heterocycles. The second-order valence-electron chi connectivity index (χ2n) is 6.55. The third kappa shape index (κ3) is 4.85. The Kier molecular flexibility index (Phi) is 7.21. The Hall–Kier alpha value is -2.34. The first-order valence-electron chi connectivity index (χ1n) is 9.04. The Labute approximate surface area is 154 Å². The van der Waals surface area contributed by atoms with Crippen LogP contribution in [0.25, 0.3) is 10.9 Å². The molecule has 0 fully saturated rings. The second-order valence-corrected chi connectivity index (χ2v) is 6.55. The first kappa shape index (κ1) is 20.0. The molecule has 2 N–H and O–H groups in total. The van der Waals surface area contributed by atoms with Crippen LogP contribution in [0, 0.1) is 13.8 Å². The fourth-order valence-electron chi connectivity index (χ4n) is 3.14. The number of carboxylic acids is 1. The minimum absolute atomic E-state index is 0.0909. The van der Waals surface area contributed by atoms with Crippen molar-refractivity contribution in [2.24, 2.45) is 0 Å². The van der Waals surface area contributed by atoms with Gasteiger partial charge in [0.15, 0.2) is 0 Å². The van der Waals surface area contributed by atoms with Crippen molar-refractivity contribution in [2.45, 2.75) is 46.1 Å². The maximum Gasteiger partial charge on any atom is 0.303 e. The van der Waals surface area contributed by atoms with E-state index < -0.39 is 5.97 Å². The van der Waals surface area contributed by atoms with Gasteiger partial charge < -0.3 is 19.7 Å². The van der Waals surface area contributed by atoms with Crippen LogP contribution in [0.2, 0.25) is 0 Å². The van der Waals surface area contributed by atoms with Gasteiger partial charge in [-0.1, -0.05) is 6.42 Å². The van der Waals surface area contributed by atoms with Crippen LogP contribution >= 0.6 is 0 Å². The number of ether oxygens (including phenoxy) is 1. The lowest BCUT2D eigenvalue weighted by atomic mass is 10.1. The number of nitrogens with zero attached hydrogens (tertiary/aromatic N) is 1. The number of carbonyl (C=O) groups is 2. The first-order chi connectivity index (χ1) is 12.5. The second kappa shape index (κ2) is 9.38. The Morgan fingerprint density at radius 3 is 2.65 bits per heavy atom. The van der Waals surface area contributed by atoms with Gasteiger partial charge in [-0.3, -0.25) is 9.59 Å². The van der Waals surface area contributed by atoms with E-state index in [1.165, 1.54) is 11.3 Å². The molecule has 6 heteroatoms. The zero-order valence-corrected chi connectivity index (χ0v) is 15.8. The van der Waals surface area contributed by atoms with E-state index in [0.717, 1.165) is 30.3 Å². The number of amides is 1. The van der Waals surface area contributed by atoms with E-state index in [1.807, 2.05) is 18.2 Å². The zero-order chi connectivity index (χ0) is 19.1. The summed E-state index contributed by atoms with van der Waals surface area (Å²) < 4.78 is 7.41. The molecule has 0 radical (unpaired) electrons. The number of carboxylic acid groups (broad SMARTS) is 1. The number of carbonyl (C=O) groups excluding carboxylic acids is 1. The molecule has 0 aliphatic heterocycles. The number of aryl methyl sites for hydroxylation is 1. The highest BCUT2D eigenvalue weighted by Gasteiger charge is 2.13. The van der Waals surface area contributed by atoms with Crippen molar-refractivity contribution in [3.05, 3.63) is 35.0 Å². The summed E-state index contributed by atoms with van der Waals surface area (Å²) in [6, 6.07) is 5.79. The van der Waals surface area contributed by atoms with E-state index in [0.29, 0.717) is 25.1 Å². The SMILES string of the molecule is COCCn1c(C)c(C)c2cc(C(=O)NCCCCCC(=O)O)ccc21. The van der Waals surface area contributed by atoms with Gasteiger partial charge in [-0.05, 0) is 50.5 Å². The van der Waals surface area contributed by atoms with Crippen molar-refractivity contribution in [3.8, 4) is 0 Å². The molecule has 0 saturated carbocycles. The molecule has 142 valence electrons. The highest BCUT2D eigenvalue weighted by atomic mass is 16.5. The van der Waals surface area contributed by atoms with Gasteiger partial charge in [0.2, 0.25) is 0 Å². The Morgan fingerprint density at radius 2 is 1.96 bits per heavy atom. The highest BCUT2D eigenvalue weighted by molar-refractivity contribution is 5.99. The number of rotatable bonds is 10. The van der Waals surface area contributed by atoms with Gasteiger partial charge in [0, 0.05) is 48.8 Å². The largest absolute Gasteiger partial charge is 0.481 e. The molecule has 0 unspecified atom stereocenters. The summed E-state index contributed by atoms with van der Waals surface area (Å²) in [6.07, 6.45) is 2.41. The molecular formula is C20H28N2O4. The van der Waals surface area contributed by atoms with Gasteiger partial charge in [0.1, 0.15) is 0 Å². The van der Waals surface area contributed by atoms with Crippen LogP contribution in [0.4, 0.5) is 0 Å². The quantitative estimate of drug-likeness (QED) is 0.637. The van der Waals surface area contributed by atoms with Crippen molar-refractivity contribution in [1.82, 2.24) is 9.88 Å². The summed E-state index contributed by atoms with van der Waals surface area (Å²) in [5, 5.41) is 12.6. The van der Waals surface area contributed by atoms with Gasteiger partial charge in [0.25, 0.3) is 5.91 Å². The van der Waals surface area contributed by atoms with Crippen LogP contribution < -0.4 is 5.32 Å². The molecule has 1 heterocycles. The van der Waals surface area contributed by atoms with Crippen LogP contribution in [-0.2, 0) is 16.1 Å².